The fraction of sp³-hybridized carbons (Fsp3) is 0.421. The van der Waals surface area contributed by atoms with E-state index < -0.39 is 5.92 Å². The summed E-state index contributed by atoms with van der Waals surface area (Å²) in [7, 11) is 0. The molecule has 0 saturated carbocycles. The third kappa shape index (κ3) is 4.18. The molecule has 2 aromatic heterocycles. The van der Waals surface area contributed by atoms with Crippen LogP contribution in [0.15, 0.2) is 24.5 Å². The summed E-state index contributed by atoms with van der Waals surface area (Å²) in [5.74, 6) is -2.43. The molecule has 2 aromatic rings. The molecule has 0 N–H and O–H groups in total. The van der Waals surface area contributed by atoms with E-state index in [-0.39, 0.29) is 25.0 Å². The van der Waals surface area contributed by atoms with Gasteiger partial charge in [-0.3, -0.25) is 9.78 Å². The first-order valence-electron chi connectivity index (χ1n) is 8.59. The highest BCUT2D eigenvalue weighted by Crippen LogP contribution is 2.34. The molecule has 0 bridgehead atoms. The number of carbonyl (C=O) groups excluding carboxylic acids is 1. The van der Waals surface area contributed by atoms with Crippen molar-refractivity contribution in [3.05, 3.63) is 52.1 Å². The van der Waals surface area contributed by atoms with E-state index in [1.165, 1.54) is 12.4 Å². The van der Waals surface area contributed by atoms with Gasteiger partial charge in [0.05, 0.1) is 31.1 Å². The Labute approximate surface area is 161 Å². The third-order valence-corrected chi connectivity index (χ3v) is 4.93. The predicted octanol–water partition coefficient (Wildman–Crippen LogP) is 4.58. The van der Waals surface area contributed by atoms with Crippen molar-refractivity contribution in [1.82, 2.24) is 14.9 Å². The van der Waals surface area contributed by atoms with Crippen LogP contribution in [0.25, 0.3) is 0 Å². The maximum absolute atomic E-state index is 12.9. The van der Waals surface area contributed by atoms with Crippen LogP contribution in [0.1, 0.15) is 53.5 Å². The highest BCUT2D eigenvalue weighted by molar-refractivity contribution is 6.30. The largest absolute Gasteiger partial charge is 0.491 e. The molecule has 5 nitrogen and oxygen atoms in total. The third-order valence-electron chi connectivity index (χ3n) is 4.60. The number of halogens is 3. The first-order chi connectivity index (χ1) is 12.7. The van der Waals surface area contributed by atoms with Gasteiger partial charge in [-0.05, 0) is 38.5 Å². The Balaban J connectivity index is 1.73. The number of ether oxygens (including phenoxy) is 1. The van der Waals surface area contributed by atoms with E-state index in [0.29, 0.717) is 34.3 Å². The average molecular weight is 396 g/mol. The molecule has 8 heteroatoms. The summed E-state index contributed by atoms with van der Waals surface area (Å²) in [5, 5.41) is 0.330. The second-order valence-corrected chi connectivity index (χ2v) is 7.14. The van der Waals surface area contributed by atoms with Crippen LogP contribution in [0.3, 0.4) is 0 Å². The Morgan fingerprint density at radius 3 is 2.78 bits per heavy atom. The van der Waals surface area contributed by atoms with E-state index in [4.69, 9.17) is 16.3 Å². The van der Waals surface area contributed by atoms with Gasteiger partial charge in [-0.2, -0.15) is 0 Å². The van der Waals surface area contributed by atoms with E-state index >= 15 is 0 Å². The Bertz CT molecular complexity index is 871. The van der Waals surface area contributed by atoms with Crippen LogP contribution in [-0.2, 0) is 6.54 Å². The highest BCUT2D eigenvalue weighted by Gasteiger charge is 2.33. The number of hydrogen-bond donors (Lipinski definition) is 0. The molecule has 0 saturated heterocycles. The van der Waals surface area contributed by atoms with Crippen molar-refractivity contribution in [2.45, 2.75) is 45.7 Å². The number of fused-ring (bicyclic) bond motifs is 1. The molecule has 1 unspecified atom stereocenters. The molecule has 0 radical (unpaired) electrons. The minimum Gasteiger partial charge on any atom is -0.491 e. The van der Waals surface area contributed by atoms with Crippen molar-refractivity contribution in [3.8, 4) is 5.75 Å². The summed E-state index contributed by atoms with van der Waals surface area (Å²) in [4.78, 5) is 22.7. The number of carbonyl (C=O) groups is 1. The van der Waals surface area contributed by atoms with Crippen LogP contribution >= 0.6 is 11.6 Å². The van der Waals surface area contributed by atoms with Crippen molar-refractivity contribution in [1.29, 1.82) is 0 Å². The smallest absolute Gasteiger partial charge is 0.255 e. The fourth-order valence-corrected chi connectivity index (χ4v) is 3.19. The summed E-state index contributed by atoms with van der Waals surface area (Å²) in [6, 6.07) is 3.18. The van der Waals surface area contributed by atoms with E-state index in [0.717, 1.165) is 12.5 Å². The van der Waals surface area contributed by atoms with Gasteiger partial charge in [-0.15, -0.1) is 0 Å². The molecule has 1 aliphatic rings. The van der Waals surface area contributed by atoms with E-state index in [1.54, 1.807) is 17.0 Å². The monoisotopic (exact) mass is 395 g/mol. The molecule has 0 fully saturated rings. The lowest BCUT2D eigenvalue weighted by atomic mass is 10.1. The number of alkyl halides is 2. The standard InChI is InChI=1S/C19H20ClF2N3O2/c1-11-8-15(24-9-16(11)27-7-5-19(3,21)22)12(2)25-10-14-13(18(25)26)4-6-23-17(14)20/h4,6,8-9,12H,5,7,10H2,1-3H3. The molecule has 0 spiro atoms. The van der Waals surface area contributed by atoms with Crippen LogP contribution in [-0.4, -0.2) is 33.3 Å². The van der Waals surface area contributed by atoms with Gasteiger partial charge in [-0.25, -0.2) is 13.8 Å². The SMILES string of the molecule is Cc1cc(C(C)N2Cc3c(ccnc3Cl)C2=O)ncc1OCCC(C)(F)F. The van der Waals surface area contributed by atoms with Gasteiger partial charge >= 0.3 is 0 Å². The van der Waals surface area contributed by atoms with Crippen molar-refractivity contribution < 1.29 is 18.3 Å². The maximum atomic E-state index is 12.9. The topological polar surface area (TPSA) is 55.3 Å². The Morgan fingerprint density at radius 2 is 2.15 bits per heavy atom. The summed E-state index contributed by atoms with van der Waals surface area (Å²) >= 11 is 6.10. The molecular formula is C19H20ClF2N3O2. The van der Waals surface area contributed by atoms with Gasteiger partial charge in [0.1, 0.15) is 10.9 Å². The molecule has 0 aliphatic carbocycles. The molecule has 1 amide bonds. The molecule has 1 aliphatic heterocycles. The number of hydrogen-bond acceptors (Lipinski definition) is 4. The summed E-state index contributed by atoms with van der Waals surface area (Å²) in [5.41, 5.74) is 2.73. The van der Waals surface area contributed by atoms with Gasteiger partial charge in [0.15, 0.2) is 0 Å². The Morgan fingerprint density at radius 1 is 1.41 bits per heavy atom. The summed E-state index contributed by atoms with van der Waals surface area (Å²) in [6.07, 6.45) is 2.67. The van der Waals surface area contributed by atoms with Crippen molar-refractivity contribution >= 4 is 17.5 Å². The summed E-state index contributed by atoms with van der Waals surface area (Å²) in [6.45, 7) is 4.84. The number of aryl methyl sites for hydroxylation is 1. The maximum Gasteiger partial charge on any atom is 0.255 e. The van der Waals surface area contributed by atoms with Crippen molar-refractivity contribution in [2.24, 2.45) is 0 Å². The zero-order valence-electron chi connectivity index (χ0n) is 15.3. The fourth-order valence-electron chi connectivity index (χ4n) is 2.97. The normalized spacial score (nSPS) is 15.0. The number of amides is 1. The van der Waals surface area contributed by atoms with E-state index in [9.17, 15) is 13.6 Å². The molecule has 3 rings (SSSR count). The molecule has 144 valence electrons. The lowest BCUT2D eigenvalue weighted by Gasteiger charge is -2.24. The number of pyridine rings is 2. The van der Waals surface area contributed by atoms with Gasteiger partial charge in [0.25, 0.3) is 5.91 Å². The predicted molar refractivity (Wildman–Crippen MR) is 97.2 cm³/mol. The van der Waals surface area contributed by atoms with Crippen LogP contribution in [0.4, 0.5) is 8.78 Å². The van der Waals surface area contributed by atoms with Gasteiger partial charge < -0.3 is 9.64 Å². The quantitative estimate of drug-likeness (QED) is 0.672. The Hall–Kier alpha value is -2.28. The minimum atomic E-state index is -2.77. The second kappa shape index (κ2) is 7.38. The number of aromatic nitrogens is 2. The molecular weight excluding hydrogens is 376 g/mol. The lowest BCUT2D eigenvalue weighted by molar-refractivity contribution is 0.000744. The first-order valence-corrected chi connectivity index (χ1v) is 8.96. The second-order valence-electron chi connectivity index (χ2n) is 6.78. The van der Waals surface area contributed by atoms with Gasteiger partial charge in [0.2, 0.25) is 5.92 Å². The zero-order chi connectivity index (χ0) is 19.8. The van der Waals surface area contributed by atoms with Crippen molar-refractivity contribution in [2.75, 3.05) is 6.61 Å². The Kier molecular flexibility index (Phi) is 5.33. The number of rotatable bonds is 6. The molecule has 3 heterocycles. The zero-order valence-corrected chi connectivity index (χ0v) is 16.1. The van der Waals surface area contributed by atoms with E-state index in [2.05, 4.69) is 9.97 Å². The van der Waals surface area contributed by atoms with Gasteiger partial charge in [0, 0.05) is 23.7 Å². The molecule has 0 aromatic carbocycles. The average Bonchev–Trinajstić information content (AvgIpc) is 2.93. The van der Waals surface area contributed by atoms with Crippen LogP contribution < -0.4 is 4.74 Å². The summed E-state index contributed by atoms with van der Waals surface area (Å²) < 4.78 is 31.2. The van der Waals surface area contributed by atoms with Gasteiger partial charge in [-0.1, -0.05) is 11.6 Å². The highest BCUT2D eigenvalue weighted by atomic mass is 35.5. The number of nitrogens with zero attached hydrogens (tertiary/aromatic N) is 3. The molecule has 1 atom stereocenters. The lowest BCUT2D eigenvalue weighted by Crippen LogP contribution is -2.28. The molecule has 27 heavy (non-hydrogen) atoms. The van der Waals surface area contributed by atoms with Crippen LogP contribution in [0, 0.1) is 6.92 Å². The van der Waals surface area contributed by atoms with E-state index in [1.807, 2.05) is 13.8 Å². The first kappa shape index (κ1) is 19.5. The van der Waals surface area contributed by atoms with Crippen molar-refractivity contribution in [3.63, 3.8) is 0 Å². The van der Waals surface area contributed by atoms with Crippen LogP contribution in [0.5, 0.6) is 5.75 Å². The minimum absolute atomic E-state index is 0.0909. The van der Waals surface area contributed by atoms with Crippen LogP contribution in [0.2, 0.25) is 5.15 Å².